The van der Waals surface area contributed by atoms with Crippen LogP contribution < -0.4 is 5.32 Å². The van der Waals surface area contributed by atoms with Crippen LogP contribution in [0.4, 0.5) is 0 Å². The first-order valence-electron chi connectivity index (χ1n) is 9.01. The molecule has 1 aromatic carbocycles. The molecule has 142 valence electrons. The fourth-order valence-corrected chi connectivity index (χ4v) is 4.27. The van der Waals surface area contributed by atoms with Crippen molar-refractivity contribution in [3.63, 3.8) is 0 Å². The van der Waals surface area contributed by atoms with Crippen LogP contribution in [0.3, 0.4) is 0 Å². The van der Waals surface area contributed by atoms with E-state index < -0.39 is 11.9 Å². The van der Waals surface area contributed by atoms with E-state index >= 15 is 0 Å². The van der Waals surface area contributed by atoms with Crippen molar-refractivity contribution in [3.05, 3.63) is 68.6 Å². The van der Waals surface area contributed by atoms with E-state index in [1.54, 1.807) is 6.08 Å². The molecule has 1 aliphatic carbocycles. The van der Waals surface area contributed by atoms with Crippen LogP contribution >= 0.6 is 22.6 Å². The number of carbonyl (C=O) groups is 2. The number of Topliss-reactive ketones (excluding diaryl/α,β-unsaturated/α-hetero) is 1. The third-order valence-electron chi connectivity index (χ3n) is 5.00. The zero-order chi connectivity index (χ0) is 19.8. The number of rotatable bonds is 4. The number of halogens is 1. The number of nitrogens with one attached hydrogen (secondary N) is 1. The molecule has 0 saturated heterocycles. The second-order valence-electron chi connectivity index (χ2n) is 7.87. The van der Waals surface area contributed by atoms with Crippen molar-refractivity contribution in [1.29, 1.82) is 0 Å². The van der Waals surface area contributed by atoms with Gasteiger partial charge in [0, 0.05) is 32.9 Å². The molecule has 0 bridgehead atoms. The van der Waals surface area contributed by atoms with Gasteiger partial charge in [-0.2, -0.15) is 0 Å². The molecule has 0 aromatic heterocycles. The zero-order valence-electron chi connectivity index (χ0n) is 15.9. The molecule has 27 heavy (non-hydrogen) atoms. The van der Waals surface area contributed by atoms with Crippen LogP contribution in [0.15, 0.2) is 59.5 Å². The fraction of sp³-hybridized carbons (Fsp3) is 0.364. The minimum atomic E-state index is -0.410. The van der Waals surface area contributed by atoms with Gasteiger partial charge in [-0.15, -0.1) is 0 Å². The van der Waals surface area contributed by atoms with Gasteiger partial charge in [0.15, 0.2) is 5.78 Å². The van der Waals surface area contributed by atoms with Crippen LogP contribution in [0.25, 0.3) is 0 Å². The molecule has 1 heterocycles. The highest BCUT2D eigenvalue weighted by atomic mass is 127. The normalized spacial score (nSPS) is 21.5. The Bertz CT molecular complexity index is 862. The molecule has 0 fully saturated rings. The van der Waals surface area contributed by atoms with E-state index in [0.717, 1.165) is 26.9 Å². The third-order valence-corrected chi connectivity index (χ3v) is 5.71. The first kappa shape index (κ1) is 19.9. The number of hydrogen-bond acceptors (Lipinski definition) is 4. The molecule has 0 amide bonds. The highest BCUT2D eigenvalue weighted by Gasteiger charge is 2.43. The maximum atomic E-state index is 13.1. The summed E-state index contributed by atoms with van der Waals surface area (Å²) in [6.07, 6.45) is 2.80. The molecule has 0 saturated carbocycles. The summed E-state index contributed by atoms with van der Waals surface area (Å²) in [4.78, 5) is 25.9. The first-order chi connectivity index (χ1) is 12.7. The maximum Gasteiger partial charge on any atom is 0.337 e. The largest absolute Gasteiger partial charge is 0.458 e. The summed E-state index contributed by atoms with van der Waals surface area (Å²) in [5.41, 5.74) is 3.72. The molecule has 1 N–H and O–H groups in total. The van der Waals surface area contributed by atoms with Crippen molar-refractivity contribution in [3.8, 4) is 0 Å². The summed E-state index contributed by atoms with van der Waals surface area (Å²) in [5, 5.41) is 3.33. The monoisotopic (exact) mass is 477 g/mol. The summed E-state index contributed by atoms with van der Waals surface area (Å²) in [7, 11) is 0. The Kier molecular flexibility index (Phi) is 5.60. The number of carbonyl (C=O) groups excluding carboxylic acids is 2. The average molecular weight is 477 g/mol. The number of dihydropyridines is 1. The van der Waals surface area contributed by atoms with Crippen LogP contribution in [0.5, 0.6) is 0 Å². The van der Waals surface area contributed by atoms with Crippen molar-refractivity contribution in [2.75, 3.05) is 6.61 Å². The SMILES string of the molecule is C=CCOC(=O)C1=C(C)NC2=C(C(=O)CC(C)(C)C2)[C@H]1c1ccc(I)cc1. The molecule has 0 unspecified atom stereocenters. The summed E-state index contributed by atoms with van der Waals surface area (Å²) in [6, 6.07) is 7.97. The van der Waals surface area contributed by atoms with E-state index in [4.69, 9.17) is 4.74 Å². The second-order valence-corrected chi connectivity index (χ2v) is 9.11. The lowest BCUT2D eigenvalue weighted by Crippen LogP contribution is -2.38. The standard InChI is InChI=1S/C22H24INO3/c1-5-10-27-21(26)18-13(2)24-16-11-22(3,4)12-17(25)20(16)19(18)14-6-8-15(23)9-7-14/h5-9,19,24H,1,10-12H2,2-4H3/t19-/m0/s1. The van der Waals surface area contributed by atoms with Crippen molar-refractivity contribution in [2.45, 2.75) is 39.5 Å². The first-order valence-corrected chi connectivity index (χ1v) is 10.1. The minimum Gasteiger partial charge on any atom is -0.458 e. The van der Waals surface area contributed by atoms with Gasteiger partial charge < -0.3 is 10.1 Å². The van der Waals surface area contributed by atoms with Crippen molar-refractivity contribution < 1.29 is 14.3 Å². The van der Waals surface area contributed by atoms with Crippen molar-refractivity contribution in [2.24, 2.45) is 5.41 Å². The van der Waals surface area contributed by atoms with Crippen LogP contribution in [0, 0.1) is 8.99 Å². The zero-order valence-corrected chi connectivity index (χ0v) is 18.1. The highest BCUT2D eigenvalue weighted by molar-refractivity contribution is 14.1. The smallest absolute Gasteiger partial charge is 0.337 e. The van der Waals surface area contributed by atoms with Crippen LogP contribution in [0.1, 0.15) is 45.1 Å². The predicted molar refractivity (Wildman–Crippen MR) is 114 cm³/mol. The molecule has 2 aliphatic rings. The topological polar surface area (TPSA) is 55.4 Å². The predicted octanol–water partition coefficient (Wildman–Crippen LogP) is 4.62. The average Bonchev–Trinajstić information content (AvgIpc) is 2.58. The quantitative estimate of drug-likeness (QED) is 0.391. The van der Waals surface area contributed by atoms with Gasteiger partial charge in [0.05, 0.1) is 5.57 Å². The number of hydrogen-bond donors (Lipinski definition) is 1. The van der Waals surface area contributed by atoms with E-state index in [9.17, 15) is 9.59 Å². The van der Waals surface area contributed by atoms with Gasteiger partial charge in [0.1, 0.15) is 6.61 Å². The molecule has 1 aliphatic heterocycles. The van der Waals surface area contributed by atoms with E-state index in [-0.39, 0.29) is 17.8 Å². The lowest BCUT2D eigenvalue weighted by molar-refractivity contribution is -0.138. The fourth-order valence-electron chi connectivity index (χ4n) is 3.91. The maximum absolute atomic E-state index is 13.1. The Hall–Kier alpha value is -1.89. The van der Waals surface area contributed by atoms with Crippen LogP contribution in [-0.2, 0) is 14.3 Å². The molecule has 1 aromatic rings. The van der Waals surface area contributed by atoms with E-state index in [1.165, 1.54) is 0 Å². The van der Waals surface area contributed by atoms with Crippen molar-refractivity contribution in [1.82, 2.24) is 5.32 Å². The number of esters is 1. The summed E-state index contributed by atoms with van der Waals surface area (Å²) >= 11 is 2.25. The minimum absolute atomic E-state index is 0.0961. The number of benzene rings is 1. The van der Waals surface area contributed by atoms with Crippen LogP contribution in [0.2, 0.25) is 0 Å². The summed E-state index contributed by atoms with van der Waals surface area (Å²) in [6.45, 7) is 9.82. The van der Waals surface area contributed by atoms with Gasteiger partial charge in [-0.1, -0.05) is 38.6 Å². The molecule has 5 heteroatoms. The van der Waals surface area contributed by atoms with E-state index in [0.29, 0.717) is 17.6 Å². The lowest BCUT2D eigenvalue weighted by atomic mass is 9.68. The Morgan fingerprint density at radius 3 is 2.63 bits per heavy atom. The van der Waals surface area contributed by atoms with Gasteiger partial charge in [0.2, 0.25) is 0 Å². The van der Waals surface area contributed by atoms with Crippen LogP contribution in [-0.4, -0.2) is 18.4 Å². The Morgan fingerprint density at radius 1 is 1.33 bits per heavy atom. The molecule has 1 atom stereocenters. The third kappa shape index (κ3) is 4.03. The number of ketones is 1. The van der Waals surface area contributed by atoms with Crippen molar-refractivity contribution >= 4 is 34.3 Å². The Balaban J connectivity index is 2.14. The van der Waals surface area contributed by atoms with Gasteiger partial charge in [0.25, 0.3) is 0 Å². The molecule has 3 rings (SSSR count). The molecule has 0 radical (unpaired) electrons. The van der Waals surface area contributed by atoms with Gasteiger partial charge in [-0.05, 0) is 59.0 Å². The van der Waals surface area contributed by atoms with E-state index in [1.807, 2.05) is 31.2 Å². The van der Waals surface area contributed by atoms with E-state index in [2.05, 4.69) is 48.3 Å². The van der Waals surface area contributed by atoms with Gasteiger partial charge in [-0.25, -0.2) is 4.79 Å². The van der Waals surface area contributed by atoms with Gasteiger partial charge in [-0.3, -0.25) is 4.79 Å². The van der Waals surface area contributed by atoms with Gasteiger partial charge >= 0.3 is 5.97 Å². The Labute approximate surface area is 173 Å². The molecule has 0 spiro atoms. The molecule has 4 nitrogen and oxygen atoms in total. The molecular formula is C22H24INO3. The Morgan fingerprint density at radius 2 is 2.00 bits per heavy atom. The highest BCUT2D eigenvalue weighted by Crippen LogP contribution is 2.46. The number of ether oxygens (including phenoxy) is 1. The lowest BCUT2D eigenvalue weighted by Gasteiger charge is -2.39. The second kappa shape index (κ2) is 7.62. The molecular weight excluding hydrogens is 453 g/mol. The number of allylic oxidation sites excluding steroid dienone is 3. The summed E-state index contributed by atoms with van der Waals surface area (Å²) in [5.74, 6) is -0.717. The summed E-state index contributed by atoms with van der Waals surface area (Å²) < 4.78 is 6.45.